The van der Waals surface area contributed by atoms with E-state index in [-0.39, 0.29) is 12.5 Å². The molecule has 0 unspecified atom stereocenters. The third-order valence-electron chi connectivity index (χ3n) is 7.69. The topological polar surface area (TPSA) is 48.8 Å². The third-order valence-corrected chi connectivity index (χ3v) is 7.69. The Balaban J connectivity index is 1.45. The Morgan fingerprint density at radius 1 is 0.818 bits per heavy atom. The predicted octanol–water partition coefficient (Wildman–Crippen LogP) is 8.55. The van der Waals surface area contributed by atoms with E-state index in [1.807, 2.05) is 66.7 Å². The summed E-state index contributed by atoms with van der Waals surface area (Å²) in [5, 5.41) is 0. The van der Waals surface area contributed by atoms with Crippen molar-refractivity contribution in [3.05, 3.63) is 120 Å². The summed E-state index contributed by atoms with van der Waals surface area (Å²) in [7, 11) is 0. The smallest absolute Gasteiger partial charge is 0.387 e. The van der Waals surface area contributed by atoms with E-state index < -0.39 is 6.61 Å². The van der Waals surface area contributed by atoms with Gasteiger partial charge in [-0.15, -0.1) is 0 Å². The number of imidazole rings is 1. The Kier molecular flexibility index (Phi) is 9.17. The van der Waals surface area contributed by atoms with Crippen LogP contribution in [0.5, 0.6) is 17.2 Å². The zero-order valence-corrected chi connectivity index (χ0v) is 24.7. The Morgan fingerprint density at radius 3 is 2.27 bits per heavy atom. The van der Waals surface area contributed by atoms with E-state index in [0.29, 0.717) is 36.7 Å². The number of ether oxygens (including phenoxy) is 3. The molecule has 44 heavy (non-hydrogen) atoms. The first-order valence-electron chi connectivity index (χ1n) is 14.9. The Morgan fingerprint density at radius 2 is 1.52 bits per heavy atom. The van der Waals surface area contributed by atoms with E-state index in [1.165, 1.54) is 0 Å². The maximum Gasteiger partial charge on any atom is 0.387 e. The van der Waals surface area contributed by atoms with Crippen LogP contribution in [0, 0.1) is 0 Å². The van der Waals surface area contributed by atoms with Crippen molar-refractivity contribution in [3.8, 4) is 39.9 Å². The summed E-state index contributed by atoms with van der Waals surface area (Å²) >= 11 is 0. The van der Waals surface area contributed by atoms with Gasteiger partial charge in [-0.3, -0.25) is 4.90 Å². The lowest BCUT2D eigenvalue weighted by atomic mass is 10.1. The molecule has 5 aromatic rings. The van der Waals surface area contributed by atoms with Gasteiger partial charge in [0.15, 0.2) is 11.5 Å². The molecule has 226 valence electrons. The fourth-order valence-corrected chi connectivity index (χ4v) is 5.60. The molecule has 1 aliphatic heterocycles. The molecule has 4 aromatic carbocycles. The number of para-hydroxylation sites is 1. The molecule has 0 saturated carbocycles. The van der Waals surface area contributed by atoms with Crippen molar-refractivity contribution in [3.63, 3.8) is 0 Å². The number of unbranched alkanes of at least 4 members (excludes halogenated alkanes) is 1. The summed E-state index contributed by atoms with van der Waals surface area (Å²) in [6.45, 7) is 1.71. The zero-order valence-electron chi connectivity index (χ0n) is 24.7. The first-order valence-corrected chi connectivity index (χ1v) is 14.9. The number of hydrogen-bond acceptors (Lipinski definition) is 5. The van der Waals surface area contributed by atoms with Crippen molar-refractivity contribution < 1.29 is 23.0 Å². The van der Waals surface area contributed by atoms with E-state index in [1.54, 1.807) is 12.1 Å². The SMILES string of the molecule is CCCCn1c(-c2ccccc2)nc(-c2ccccc2)c1CN(Cc1ccc2c(c1)OCO2)Cc1ccccc1OC(F)F. The number of rotatable bonds is 13. The number of fused-ring (bicyclic) bond motifs is 1. The van der Waals surface area contributed by atoms with Crippen LogP contribution < -0.4 is 14.2 Å². The quantitative estimate of drug-likeness (QED) is 0.137. The second kappa shape index (κ2) is 13.7. The first kappa shape index (κ1) is 29.4. The molecule has 8 heteroatoms. The van der Waals surface area contributed by atoms with Gasteiger partial charge in [-0.1, -0.05) is 98.3 Å². The molecule has 2 heterocycles. The van der Waals surface area contributed by atoms with Crippen LogP contribution in [0.2, 0.25) is 0 Å². The van der Waals surface area contributed by atoms with Gasteiger partial charge in [0.2, 0.25) is 6.79 Å². The highest BCUT2D eigenvalue weighted by Crippen LogP contribution is 2.35. The summed E-state index contributed by atoms with van der Waals surface area (Å²) in [6, 6.07) is 33.4. The molecule has 1 aliphatic rings. The Labute approximate surface area is 256 Å². The van der Waals surface area contributed by atoms with Gasteiger partial charge in [-0.2, -0.15) is 8.78 Å². The molecule has 0 fully saturated rings. The minimum atomic E-state index is -2.91. The second-order valence-corrected chi connectivity index (χ2v) is 10.8. The lowest BCUT2D eigenvalue weighted by Crippen LogP contribution is -2.25. The van der Waals surface area contributed by atoms with Crippen LogP contribution in [-0.2, 0) is 26.2 Å². The van der Waals surface area contributed by atoms with Gasteiger partial charge in [0.25, 0.3) is 0 Å². The molecule has 0 spiro atoms. The fourth-order valence-electron chi connectivity index (χ4n) is 5.60. The summed E-state index contributed by atoms with van der Waals surface area (Å²) < 4.78 is 45.2. The van der Waals surface area contributed by atoms with Gasteiger partial charge in [0, 0.05) is 42.9 Å². The summed E-state index contributed by atoms with van der Waals surface area (Å²) in [4.78, 5) is 7.49. The molecule has 0 aliphatic carbocycles. The van der Waals surface area contributed by atoms with Crippen LogP contribution in [0.4, 0.5) is 8.78 Å². The first-order chi connectivity index (χ1) is 21.6. The van der Waals surface area contributed by atoms with Gasteiger partial charge >= 0.3 is 6.61 Å². The highest BCUT2D eigenvalue weighted by molar-refractivity contribution is 5.68. The van der Waals surface area contributed by atoms with Crippen LogP contribution in [0.15, 0.2) is 103 Å². The standard InChI is InChI=1S/C36H35F2N3O3/c1-2-3-20-41-30(34(27-12-6-4-7-13-27)39-35(41)28-14-8-5-9-15-28)24-40(22-26-18-19-32-33(21-26)43-25-42-32)23-29-16-10-11-17-31(29)44-36(37)38/h4-19,21,36H,2-3,20,22-25H2,1H3. The van der Waals surface area contributed by atoms with Gasteiger partial charge in [-0.05, 0) is 30.2 Å². The average molecular weight is 596 g/mol. The van der Waals surface area contributed by atoms with Crippen molar-refractivity contribution in [1.82, 2.24) is 14.5 Å². The van der Waals surface area contributed by atoms with E-state index in [9.17, 15) is 8.78 Å². The van der Waals surface area contributed by atoms with Crippen LogP contribution in [0.3, 0.4) is 0 Å². The number of halogens is 2. The minimum absolute atomic E-state index is 0.172. The average Bonchev–Trinajstić information content (AvgIpc) is 3.66. The largest absolute Gasteiger partial charge is 0.454 e. The maximum absolute atomic E-state index is 13.4. The molecule has 1 aromatic heterocycles. The monoisotopic (exact) mass is 595 g/mol. The number of hydrogen-bond donors (Lipinski definition) is 0. The van der Waals surface area contributed by atoms with Crippen molar-refractivity contribution in [2.45, 2.75) is 52.6 Å². The molecule has 0 saturated heterocycles. The fraction of sp³-hybridized carbons (Fsp3) is 0.250. The second-order valence-electron chi connectivity index (χ2n) is 10.8. The maximum atomic E-state index is 13.4. The Hall–Kier alpha value is -4.69. The van der Waals surface area contributed by atoms with E-state index in [4.69, 9.17) is 19.2 Å². The molecular formula is C36H35F2N3O3. The summed E-state index contributed by atoms with van der Waals surface area (Å²) in [5.74, 6) is 2.50. The molecular weight excluding hydrogens is 560 g/mol. The molecule has 0 atom stereocenters. The zero-order chi connectivity index (χ0) is 30.3. The number of benzene rings is 4. The highest BCUT2D eigenvalue weighted by atomic mass is 19.3. The molecule has 6 rings (SSSR count). The molecule has 6 nitrogen and oxygen atoms in total. The molecule has 0 bridgehead atoms. The van der Waals surface area contributed by atoms with Gasteiger partial charge in [-0.25, -0.2) is 4.98 Å². The molecule has 0 N–H and O–H groups in total. The van der Waals surface area contributed by atoms with Gasteiger partial charge in [0.1, 0.15) is 11.6 Å². The minimum Gasteiger partial charge on any atom is -0.454 e. The van der Waals surface area contributed by atoms with E-state index in [0.717, 1.165) is 53.3 Å². The molecule has 0 radical (unpaired) electrons. The van der Waals surface area contributed by atoms with E-state index in [2.05, 4.69) is 40.7 Å². The van der Waals surface area contributed by atoms with Gasteiger partial charge < -0.3 is 18.8 Å². The van der Waals surface area contributed by atoms with Crippen LogP contribution in [-0.4, -0.2) is 27.9 Å². The van der Waals surface area contributed by atoms with Crippen molar-refractivity contribution in [2.24, 2.45) is 0 Å². The lowest BCUT2D eigenvalue weighted by molar-refractivity contribution is -0.0508. The highest BCUT2D eigenvalue weighted by Gasteiger charge is 2.24. The Bertz CT molecular complexity index is 1680. The normalized spacial score (nSPS) is 12.3. The third kappa shape index (κ3) is 6.76. The predicted molar refractivity (Wildman–Crippen MR) is 167 cm³/mol. The van der Waals surface area contributed by atoms with Crippen LogP contribution in [0.1, 0.15) is 36.6 Å². The summed E-state index contributed by atoms with van der Waals surface area (Å²) in [6.07, 6.45) is 2.02. The molecule has 0 amide bonds. The van der Waals surface area contributed by atoms with Crippen LogP contribution in [0.25, 0.3) is 22.6 Å². The van der Waals surface area contributed by atoms with Crippen molar-refractivity contribution in [2.75, 3.05) is 6.79 Å². The van der Waals surface area contributed by atoms with Gasteiger partial charge in [0.05, 0.1) is 11.4 Å². The lowest BCUT2D eigenvalue weighted by Gasteiger charge is -2.25. The number of nitrogens with zero attached hydrogens (tertiary/aromatic N) is 3. The number of aromatic nitrogens is 2. The number of alkyl halides is 2. The van der Waals surface area contributed by atoms with E-state index >= 15 is 0 Å². The van der Waals surface area contributed by atoms with Crippen LogP contribution >= 0.6 is 0 Å². The summed E-state index contributed by atoms with van der Waals surface area (Å²) in [5.41, 5.74) is 5.75. The van der Waals surface area contributed by atoms with Crippen molar-refractivity contribution in [1.29, 1.82) is 0 Å². The van der Waals surface area contributed by atoms with Crippen molar-refractivity contribution >= 4 is 0 Å².